The number of hydrogen-bond acceptors (Lipinski definition) is 3. The molecule has 0 atom stereocenters. The summed E-state index contributed by atoms with van der Waals surface area (Å²) in [6, 6.07) is 8.07. The maximum atomic E-state index is 11.1. The second-order valence-corrected chi connectivity index (χ2v) is 5.05. The lowest BCUT2D eigenvalue weighted by Gasteiger charge is -2.09. The van der Waals surface area contributed by atoms with Gasteiger partial charge in [-0.25, -0.2) is 9.78 Å². The molecule has 0 bridgehead atoms. The van der Waals surface area contributed by atoms with Crippen LogP contribution in [0.3, 0.4) is 0 Å². The van der Waals surface area contributed by atoms with Crippen molar-refractivity contribution in [3.8, 4) is 11.6 Å². The number of rotatable bonds is 3. The number of aromatic nitrogens is 1. The summed E-state index contributed by atoms with van der Waals surface area (Å²) in [7, 11) is 0. The van der Waals surface area contributed by atoms with Crippen LogP contribution in [0.5, 0.6) is 11.6 Å². The Morgan fingerprint density at radius 2 is 2.11 bits per heavy atom. The van der Waals surface area contributed by atoms with Crippen molar-refractivity contribution in [1.82, 2.24) is 4.98 Å². The van der Waals surface area contributed by atoms with Gasteiger partial charge in [0.1, 0.15) is 16.5 Å². The van der Waals surface area contributed by atoms with Gasteiger partial charge in [0.25, 0.3) is 0 Å². The molecule has 2 rings (SSSR count). The second-order valence-electron chi connectivity index (χ2n) is 3.80. The first kappa shape index (κ1) is 13.8. The largest absolute Gasteiger partial charge is 0.477 e. The molecule has 0 radical (unpaired) electrons. The van der Waals surface area contributed by atoms with Gasteiger partial charge in [-0.1, -0.05) is 27.5 Å². The number of carboxylic acid groups (broad SMARTS) is 1. The van der Waals surface area contributed by atoms with Crippen LogP contribution in [-0.2, 0) is 0 Å². The molecule has 1 aromatic heterocycles. The molecular formula is C13H9BrClNO3. The highest BCUT2D eigenvalue weighted by atomic mass is 79.9. The quantitative estimate of drug-likeness (QED) is 0.845. The SMILES string of the molecule is Cc1cc(Oc2nc(Cl)ccc2C(=O)O)ccc1Br. The van der Waals surface area contributed by atoms with Crippen molar-refractivity contribution in [2.45, 2.75) is 6.92 Å². The Morgan fingerprint density at radius 1 is 1.37 bits per heavy atom. The number of nitrogens with zero attached hydrogens (tertiary/aromatic N) is 1. The van der Waals surface area contributed by atoms with E-state index in [0.717, 1.165) is 10.0 Å². The highest BCUT2D eigenvalue weighted by Gasteiger charge is 2.14. The number of hydrogen-bond donors (Lipinski definition) is 1. The summed E-state index contributed by atoms with van der Waals surface area (Å²) in [5.74, 6) is -0.646. The molecule has 0 amide bonds. The van der Waals surface area contributed by atoms with E-state index in [4.69, 9.17) is 21.4 Å². The van der Waals surface area contributed by atoms with Gasteiger partial charge in [0, 0.05) is 4.47 Å². The second kappa shape index (κ2) is 5.59. The zero-order valence-corrected chi connectivity index (χ0v) is 12.2. The third kappa shape index (κ3) is 3.24. The predicted octanol–water partition coefficient (Wildman–Crippen LogP) is 4.30. The van der Waals surface area contributed by atoms with Crippen LogP contribution in [0.25, 0.3) is 0 Å². The summed E-state index contributed by atoms with van der Waals surface area (Å²) in [5, 5.41) is 9.24. The summed E-state index contributed by atoms with van der Waals surface area (Å²) < 4.78 is 6.43. The average Bonchev–Trinajstić information content (AvgIpc) is 2.33. The fourth-order valence-corrected chi connectivity index (χ4v) is 1.84. The van der Waals surface area contributed by atoms with Crippen LogP contribution in [0.2, 0.25) is 5.15 Å². The van der Waals surface area contributed by atoms with E-state index in [2.05, 4.69) is 20.9 Å². The van der Waals surface area contributed by atoms with Gasteiger partial charge in [-0.2, -0.15) is 0 Å². The molecule has 0 aliphatic carbocycles. The Hall–Kier alpha value is -1.59. The van der Waals surface area contributed by atoms with Crippen molar-refractivity contribution in [1.29, 1.82) is 0 Å². The van der Waals surface area contributed by atoms with E-state index in [9.17, 15) is 4.79 Å². The Labute approximate surface area is 123 Å². The normalized spacial score (nSPS) is 10.3. The van der Waals surface area contributed by atoms with Crippen LogP contribution in [0.1, 0.15) is 15.9 Å². The highest BCUT2D eigenvalue weighted by Crippen LogP contribution is 2.28. The fraction of sp³-hybridized carbons (Fsp3) is 0.0769. The number of carboxylic acids is 1. The molecule has 1 heterocycles. The lowest BCUT2D eigenvalue weighted by molar-refractivity contribution is 0.0693. The number of aromatic carboxylic acids is 1. The van der Waals surface area contributed by atoms with Crippen molar-refractivity contribution in [3.63, 3.8) is 0 Å². The predicted molar refractivity (Wildman–Crippen MR) is 75.2 cm³/mol. The number of carbonyl (C=O) groups is 1. The smallest absolute Gasteiger partial charge is 0.341 e. The monoisotopic (exact) mass is 341 g/mol. The maximum Gasteiger partial charge on any atom is 0.341 e. The number of aryl methyl sites for hydroxylation is 1. The van der Waals surface area contributed by atoms with Crippen LogP contribution < -0.4 is 4.74 Å². The van der Waals surface area contributed by atoms with Gasteiger partial charge in [-0.05, 0) is 42.8 Å². The highest BCUT2D eigenvalue weighted by molar-refractivity contribution is 9.10. The number of benzene rings is 1. The summed E-state index contributed by atoms with van der Waals surface area (Å²) in [5.41, 5.74) is 0.932. The van der Waals surface area contributed by atoms with Crippen molar-refractivity contribution in [3.05, 3.63) is 51.1 Å². The zero-order valence-electron chi connectivity index (χ0n) is 9.85. The first-order chi connectivity index (χ1) is 8.97. The average molecular weight is 343 g/mol. The molecule has 0 aliphatic rings. The van der Waals surface area contributed by atoms with Gasteiger partial charge in [0.05, 0.1) is 0 Å². The molecule has 19 heavy (non-hydrogen) atoms. The van der Waals surface area contributed by atoms with Crippen LogP contribution in [0.15, 0.2) is 34.8 Å². The topological polar surface area (TPSA) is 59.4 Å². The Morgan fingerprint density at radius 3 is 2.74 bits per heavy atom. The molecule has 0 saturated heterocycles. The van der Waals surface area contributed by atoms with Gasteiger partial charge >= 0.3 is 5.97 Å². The van der Waals surface area contributed by atoms with Crippen LogP contribution >= 0.6 is 27.5 Å². The van der Waals surface area contributed by atoms with Gasteiger partial charge < -0.3 is 9.84 Å². The van der Waals surface area contributed by atoms with Gasteiger partial charge in [0.15, 0.2) is 0 Å². The molecular weight excluding hydrogens is 334 g/mol. The van der Waals surface area contributed by atoms with E-state index >= 15 is 0 Å². The first-order valence-corrected chi connectivity index (χ1v) is 6.48. The van der Waals surface area contributed by atoms with E-state index in [0.29, 0.717) is 5.75 Å². The van der Waals surface area contributed by atoms with Gasteiger partial charge in [-0.15, -0.1) is 0 Å². The van der Waals surface area contributed by atoms with E-state index < -0.39 is 5.97 Å². The standard InChI is InChI=1S/C13H9BrClNO3/c1-7-6-8(2-4-10(7)14)19-12-9(13(17)18)3-5-11(15)16-12/h2-6H,1H3,(H,17,18). The van der Waals surface area contributed by atoms with Crippen molar-refractivity contribution in [2.24, 2.45) is 0 Å². The number of pyridine rings is 1. The molecule has 6 heteroatoms. The lowest BCUT2D eigenvalue weighted by Crippen LogP contribution is -2.02. The van der Waals surface area contributed by atoms with Crippen LogP contribution in [0, 0.1) is 6.92 Å². The molecule has 4 nitrogen and oxygen atoms in total. The van der Waals surface area contributed by atoms with Gasteiger partial charge in [-0.3, -0.25) is 0 Å². The summed E-state index contributed by atoms with van der Waals surface area (Å²) in [6.45, 7) is 1.90. The van der Waals surface area contributed by atoms with E-state index in [1.807, 2.05) is 13.0 Å². The van der Waals surface area contributed by atoms with E-state index in [1.54, 1.807) is 12.1 Å². The lowest BCUT2D eigenvalue weighted by atomic mass is 10.2. The van der Waals surface area contributed by atoms with Gasteiger partial charge in [0.2, 0.25) is 5.88 Å². The summed E-state index contributed by atoms with van der Waals surface area (Å²) in [6.07, 6.45) is 0. The fourth-order valence-electron chi connectivity index (χ4n) is 1.45. The summed E-state index contributed by atoms with van der Waals surface area (Å²) in [4.78, 5) is 15.0. The Kier molecular flexibility index (Phi) is 4.07. The van der Waals surface area contributed by atoms with Crippen molar-refractivity contribution >= 4 is 33.5 Å². The van der Waals surface area contributed by atoms with Crippen LogP contribution in [-0.4, -0.2) is 16.1 Å². The summed E-state index contributed by atoms with van der Waals surface area (Å²) >= 11 is 9.13. The third-order valence-electron chi connectivity index (χ3n) is 2.40. The van der Waals surface area contributed by atoms with E-state index in [1.165, 1.54) is 12.1 Å². The minimum atomic E-state index is -1.12. The number of ether oxygens (including phenoxy) is 1. The molecule has 0 saturated carbocycles. The van der Waals surface area contributed by atoms with Crippen molar-refractivity contribution in [2.75, 3.05) is 0 Å². The zero-order chi connectivity index (χ0) is 14.0. The Balaban J connectivity index is 2.39. The molecule has 1 aromatic carbocycles. The van der Waals surface area contributed by atoms with Crippen LogP contribution in [0.4, 0.5) is 0 Å². The molecule has 0 spiro atoms. The first-order valence-electron chi connectivity index (χ1n) is 5.31. The molecule has 0 aliphatic heterocycles. The molecule has 1 N–H and O–H groups in total. The number of halogens is 2. The van der Waals surface area contributed by atoms with E-state index in [-0.39, 0.29) is 16.6 Å². The molecule has 0 unspecified atom stereocenters. The molecule has 98 valence electrons. The molecule has 0 fully saturated rings. The molecule has 2 aromatic rings. The minimum Gasteiger partial charge on any atom is -0.477 e. The minimum absolute atomic E-state index is 0.0262. The van der Waals surface area contributed by atoms with Crippen molar-refractivity contribution < 1.29 is 14.6 Å². The Bertz CT molecular complexity index is 646. The maximum absolute atomic E-state index is 11.1. The third-order valence-corrected chi connectivity index (χ3v) is 3.50.